The van der Waals surface area contributed by atoms with Crippen molar-refractivity contribution < 1.29 is 13.2 Å². The molecule has 1 saturated heterocycles. The van der Waals surface area contributed by atoms with Gasteiger partial charge in [-0.2, -0.15) is 0 Å². The van der Waals surface area contributed by atoms with Gasteiger partial charge in [0.05, 0.1) is 23.8 Å². The van der Waals surface area contributed by atoms with E-state index in [2.05, 4.69) is 19.8 Å². The molecule has 0 bridgehead atoms. The van der Waals surface area contributed by atoms with Gasteiger partial charge in [0.15, 0.2) is 5.82 Å². The Morgan fingerprint density at radius 3 is 2.52 bits per heavy atom. The Labute approximate surface area is 148 Å². The second kappa shape index (κ2) is 7.47. The summed E-state index contributed by atoms with van der Waals surface area (Å²) in [6.07, 6.45) is 0.637. The minimum atomic E-state index is -3.52. The van der Waals surface area contributed by atoms with Gasteiger partial charge in [0.1, 0.15) is 0 Å². The number of hydrogen-bond donors (Lipinski definition) is 1. The Morgan fingerprint density at radius 1 is 1.16 bits per heavy atom. The number of hydrogen-bond acceptors (Lipinski definition) is 6. The molecule has 1 aromatic heterocycles. The van der Waals surface area contributed by atoms with Gasteiger partial charge in [-0.05, 0) is 37.2 Å². The lowest BCUT2D eigenvalue weighted by Crippen LogP contribution is -2.36. The van der Waals surface area contributed by atoms with Gasteiger partial charge in [0.25, 0.3) is 0 Å². The van der Waals surface area contributed by atoms with Crippen molar-refractivity contribution in [3.05, 3.63) is 35.9 Å². The monoisotopic (exact) mass is 362 g/mol. The molecule has 7 nitrogen and oxygen atoms in total. The molecule has 1 aromatic carbocycles. The maximum atomic E-state index is 12.3. The molecule has 3 rings (SSSR count). The van der Waals surface area contributed by atoms with Gasteiger partial charge in [-0.25, -0.2) is 13.1 Å². The van der Waals surface area contributed by atoms with Crippen LogP contribution in [0.3, 0.4) is 0 Å². The lowest BCUT2D eigenvalue weighted by Gasteiger charge is -2.27. The number of nitrogens with zero attached hydrogens (tertiary/aromatic N) is 3. The molecule has 1 aliphatic heterocycles. The van der Waals surface area contributed by atoms with Crippen molar-refractivity contribution in [3.63, 3.8) is 0 Å². The molecule has 0 unspecified atom stereocenters. The molecular weight excluding hydrogens is 340 g/mol. The van der Waals surface area contributed by atoms with E-state index in [9.17, 15) is 8.42 Å². The average Bonchev–Trinajstić information content (AvgIpc) is 2.68. The van der Waals surface area contributed by atoms with Gasteiger partial charge >= 0.3 is 0 Å². The summed E-state index contributed by atoms with van der Waals surface area (Å²) in [6, 6.07) is 9.15. The molecule has 2 heterocycles. The summed E-state index contributed by atoms with van der Waals surface area (Å²) in [7, 11) is -2.10. The smallest absolute Gasteiger partial charge is 0.240 e. The summed E-state index contributed by atoms with van der Waals surface area (Å²) in [5.41, 5.74) is 2.15. The zero-order valence-electron chi connectivity index (χ0n) is 14.4. The van der Waals surface area contributed by atoms with Crippen molar-refractivity contribution in [1.82, 2.24) is 14.9 Å². The van der Waals surface area contributed by atoms with E-state index in [0.717, 1.165) is 30.0 Å². The van der Waals surface area contributed by atoms with Crippen LogP contribution in [0.2, 0.25) is 0 Å². The molecule has 0 amide bonds. The summed E-state index contributed by atoms with van der Waals surface area (Å²) in [4.78, 5) is 2.41. The number of aryl methyl sites for hydroxylation is 1. The fourth-order valence-electron chi connectivity index (χ4n) is 2.81. The molecule has 1 N–H and O–H groups in total. The van der Waals surface area contributed by atoms with Gasteiger partial charge in [-0.15, -0.1) is 10.2 Å². The first-order valence-electron chi connectivity index (χ1n) is 8.28. The second-order valence-electron chi connectivity index (χ2n) is 5.76. The highest BCUT2D eigenvalue weighted by molar-refractivity contribution is 7.89. The normalized spacial score (nSPS) is 15.4. The summed E-state index contributed by atoms with van der Waals surface area (Å²) in [6.45, 7) is 4.90. The SMILES string of the molecule is CCc1ccc(-c2ccc(N3CCOCC3)nn2)cc1S(=O)(=O)NC. The molecule has 2 aromatic rings. The van der Waals surface area contributed by atoms with E-state index < -0.39 is 10.0 Å². The maximum absolute atomic E-state index is 12.3. The summed E-state index contributed by atoms with van der Waals surface area (Å²) >= 11 is 0. The summed E-state index contributed by atoms with van der Waals surface area (Å²) in [5, 5.41) is 8.57. The van der Waals surface area contributed by atoms with Crippen molar-refractivity contribution in [3.8, 4) is 11.3 Å². The standard InChI is InChI=1S/C17H22N4O3S/c1-3-13-4-5-14(12-16(13)25(22,23)18-2)15-6-7-17(20-19-15)21-8-10-24-11-9-21/h4-7,12,18H,3,8-11H2,1-2H3. The van der Waals surface area contributed by atoms with Gasteiger partial charge in [-0.1, -0.05) is 19.1 Å². The number of sulfonamides is 1. The highest BCUT2D eigenvalue weighted by atomic mass is 32.2. The quantitative estimate of drug-likeness (QED) is 0.867. The maximum Gasteiger partial charge on any atom is 0.240 e. The van der Waals surface area contributed by atoms with Crippen LogP contribution in [0.5, 0.6) is 0 Å². The summed E-state index contributed by atoms with van der Waals surface area (Å²) in [5.74, 6) is 0.806. The molecule has 134 valence electrons. The predicted molar refractivity (Wildman–Crippen MR) is 96.1 cm³/mol. The fraction of sp³-hybridized carbons (Fsp3) is 0.412. The third-order valence-corrected chi connectivity index (χ3v) is 5.78. The van der Waals surface area contributed by atoms with E-state index in [0.29, 0.717) is 25.3 Å². The zero-order chi connectivity index (χ0) is 17.9. The molecule has 0 spiro atoms. The van der Waals surface area contributed by atoms with E-state index >= 15 is 0 Å². The van der Waals surface area contributed by atoms with E-state index in [-0.39, 0.29) is 4.90 Å². The number of rotatable bonds is 5. The first kappa shape index (κ1) is 17.8. The first-order chi connectivity index (χ1) is 12.0. The molecule has 0 saturated carbocycles. The minimum absolute atomic E-state index is 0.286. The van der Waals surface area contributed by atoms with Crippen LogP contribution >= 0.6 is 0 Å². The van der Waals surface area contributed by atoms with Crippen LogP contribution in [0.4, 0.5) is 5.82 Å². The molecule has 1 aliphatic rings. The molecule has 0 radical (unpaired) electrons. The van der Waals surface area contributed by atoms with Crippen molar-refractivity contribution in [2.24, 2.45) is 0 Å². The highest BCUT2D eigenvalue weighted by Gasteiger charge is 2.18. The van der Waals surface area contributed by atoms with E-state index in [1.54, 1.807) is 6.07 Å². The summed E-state index contributed by atoms with van der Waals surface area (Å²) < 4.78 is 32.2. The van der Waals surface area contributed by atoms with Crippen molar-refractivity contribution in [1.29, 1.82) is 0 Å². The minimum Gasteiger partial charge on any atom is -0.378 e. The van der Waals surface area contributed by atoms with E-state index in [1.807, 2.05) is 31.2 Å². The van der Waals surface area contributed by atoms with E-state index in [1.165, 1.54) is 7.05 Å². The lowest BCUT2D eigenvalue weighted by atomic mass is 10.1. The third kappa shape index (κ3) is 3.81. The van der Waals surface area contributed by atoms with Crippen LogP contribution in [0.25, 0.3) is 11.3 Å². The van der Waals surface area contributed by atoms with Crippen LogP contribution in [0.15, 0.2) is 35.2 Å². The number of benzene rings is 1. The van der Waals surface area contributed by atoms with Crippen molar-refractivity contribution in [2.45, 2.75) is 18.2 Å². The van der Waals surface area contributed by atoms with Gasteiger partial charge in [0, 0.05) is 18.7 Å². The topological polar surface area (TPSA) is 84.4 Å². The number of anilines is 1. The molecule has 1 fully saturated rings. The lowest BCUT2D eigenvalue weighted by molar-refractivity contribution is 0.122. The van der Waals surface area contributed by atoms with Gasteiger partial charge < -0.3 is 9.64 Å². The second-order valence-corrected chi connectivity index (χ2v) is 7.61. The van der Waals surface area contributed by atoms with Crippen molar-refractivity contribution >= 4 is 15.8 Å². The van der Waals surface area contributed by atoms with Crippen LogP contribution in [0.1, 0.15) is 12.5 Å². The van der Waals surface area contributed by atoms with Crippen molar-refractivity contribution in [2.75, 3.05) is 38.3 Å². The number of morpholine rings is 1. The van der Waals surface area contributed by atoms with Crippen LogP contribution in [0, 0.1) is 0 Å². The fourth-order valence-corrected chi connectivity index (χ4v) is 3.87. The Balaban J connectivity index is 1.92. The van der Waals surface area contributed by atoms with Crippen LogP contribution in [-0.4, -0.2) is 52.0 Å². The molecule has 0 atom stereocenters. The number of nitrogens with one attached hydrogen (secondary N) is 1. The Kier molecular flexibility index (Phi) is 5.31. The van der Waals surface area contributed by atoms with Gasteiger partial charge in [0.2, 0.25) is 10.0 Å². The molecule has 8 heteroatoms. The largest absolute Gasteiger partial charge is 0.378 e. The number of aromatic nitrogens is 2. The Hall–Kier alpha value is -2.03. The predicted octanol–water partition coefficient (Wildman–Crippen LogP) is 1.45. The first-order valence-corrected chi connectivity index (χ1v) is 9.76. The molecule has 25 heavy (non-hydrogen) atoms. The molecular formula is C17H22N4O3S. The van der Waals surface area contributed by atoms with Crippen LogP contribution < -0.4 is 9.62 Å². The highest BCUT2D eigenvalue weighted by Crippen LogP contribution is 2.25. The average molecular weight is 362 g/mol. The zero-order valence-corrected chi connectivity index (χ0v) is 15.2. The Morgan fingerprint density at radius 2 is 1.92 bits per heavy atom. The molecule has 0 aliphatic carbocycles. The van der Waals surface area contributed by atoms with Gasteiger partial charge in [-0.3, -0.25) is 0 Å². The number of ether oxygens (including phenoxy) is 1. The third-order valence-electron chi connectivity index (χ3n) is 4.29. The van der Waals surface area contributed by atoms with E-state index in [4.69, 9.17) is 4.74 Å². The Bertz CT molecular complexity index is 831. The van der Waals surface area contributed by atoms with Crippen LogP contribution in [-0.2, 0) is 21.2 Å².